The van der Waals surface area contributed by atoms with Crippen molar-refractivity contribution in [2.75, 3.05) is 5.73 Å². The van der Waals surface area contributed by atoms with Gasteiger partial charge in [-0.15, -0.1) is 11.3 Å². The number of anilines is 1. The van der Waals surface area contributed by atoms with Gasteiger partial charge in [-0.05, 0) is 38.1 Å². The zero-order chi connectivity index (χ0) is 14.8. The molecule has 0 radical (unpaired) electrons. The van der Waals surface area contributed by atoms with Crippen LogP contribution in [0.1, 0.15) is 10.7 Å². The molecule has 3 aromatic rings. The number of nitrogens with two attached hydrogens (primary N) is 1. The van der Waals surface area contributed by atoms with Crippen molar-refractivity contribution in [3.63, 3.8) is 0 Å². The summed E-state index contributed by atoms with van der Waals surface area (Å²) < 4.78 is 5.72. The first-order valence-corrected chi connectivity index (χ1v) is 7.23. The van der Waals surface area contributed by atoms with Crippen molar-refractivity contribution in [2.45, 2.75) is 13.8 Å². The van der Waals surface area contributed by atoms with Gasteiger partial charge in [-0.2, -0.15) is 0 Å². The van der Waals surface area contributed by atoms with Crippen LogP contribution in [0.2, 0.25) is 0 Å². The Morgan fingerprint density at radius 3 is 2.52 bits per heavy atom. The van der Waals surface area contributed by atoms with Gasteiger partial charge in [-0.3, -0.25) is 0 Å². The van der Waals surface area contributed by atoms with E-state index < -0.39 is 0 Å². The number of nitrogen functional groups attached to an aromatic ring is 1. The molecule has 0 aliphatic rings. The second-order valence-corrected chi connectivity index (χ2v) is 5.76. The largest absolute Gasteiger partial charge is 0.439 e. The van der Waals surface area contributed by atoms with E-state index in [-0.39, 0.29) is 0 Å². The third-order valence-corrected chi connectivity index (χ3v) is 3.98. The van der Waals surface area contributed by atoms with Crippen LogP contribution < -0.4 is 10.5 Å². The minimum Gasteiger partial charge on any atom is -0.439 e. The number of hydrogen-bond acceptors (Lipinski definition) is 6. The van der Waals surface area contributed by atoms with Gasteiger partial charge in [0.15, 0.2) is 0 Å². The number of nitrogens with zero attached hydrogens (tertiary/aromatic N) is 3. The monoisotopic (exact) mass is 298 g/mol. The lowest BCUT2D eigenvalue weighted by atomic mass is 10.3. The predicted octanol–water partition coefficient (Wildman–Crippen LogP) is 3.59. The van der Waals surface area contributed by atoms with Crippen LogP contribution in [0.4, 0.5) is 5.69 Å². The van der Waals surface area contributed by atoms with Crippen molar-refractivity contribution in [1.29, 1.82) is 0 Å². The van der Waals surface area contributed by atoms with Gasteiger partial charge >= 0.3 is 0 Å². The topological polar surface area (TPSA) is 73.9 Å². The standard InChI is InChI=1S/C15H14N4OS/c1-9-15(21-10(2)19-9)13-7-14(18-8-17-13)20-12-5-3-11(16)4-6-12/h3-8H,16H2,1-2H3. The van der Waals surface area contributed by atoms with Gasteiger partial charge < -0.3 is 10.5 Å². The number of rotatable bonds is 3. The predicted molar refractivity (Wildman–Crippen MR) is 83.5 cm³/mol. The van der Waals surface area contributed by atoms with Gasteiger partial charge in [0, 0.05) is 11.8 Å². The zero-order valence-electron chi connectivity index (χ0n) is 11.7. The summed E-state index contributed by atoms with van der Waals surface area (Å²) in [5.74, 6) is 1.18. The minimum absolute atomic E-state index is 0.496. The van der Waals surface area contributed by atoms with Crippen molar-refractivity contribution in [2.24, 2.45) is 0 Å². The molecule has 0 aliphatic heterocycles. The SMILES string of the molecule is Cc1nc(C)c(-c2cc(Oc3ccc(N)cc3)ncn2)s1. The van der Waals surface area contributed by atoms with Crippen LogP contribution in [0.5, 0.6) is 11.6 Å². The smallest absolute Gasteiger partial charge is 0.222 e. The number of benzene rings is 1. The summed E-state index contributed by atoms with van der Waals surface area (Å²) in [5.41, 5.74) is 8.13. The van der Waals surface area contributed by atoms with E-state index in [0.29, 0.717) is 17.3 Å². The second kappa shape index (κ2) is 5.49. The molecule has 0 saturated heterocycles. The average Bonchev–Trinajstić information content (AvgIpc) is 2.81. The number of aromatic nitrogens is 3. The van der Waals surface area contributed by atoms with Gasteiger partial charge in [0.1, 0.15) is 12.1 Å². The third kappa shape index (κ3) is 3.00. The molecule has 0 unspecified atom stereocenters. The highest BCUT2D eigenvalue weighted by molar-refractivity contribution is 7.15. The second-order valence-electron chi connectivity index (χ2n) is 4.56. The Kier molecular flexibility index (Phi) is 3.53. The summed E-state index contributed by atoms with van der Waals surface area (Å²) in [6.07, 6.45) is 1.50. The molecule has 5 nitrogen and oxygen atoms in total. The van der Waals surface area contributed by atoms with E-state index in [1.54, 1.807) is 35.6 Å². The summed E-state index contributed by atoms with van der Waals surface area (Å²) in [4.78, 5) is 13.9. The first-order valence-electron chi connectivity index (χ1n) is 6.41. The molecule has 0 spiro atoms. The molecule has 0 aliphatic carbocycles. The van der Waals surface area contributed by atoms with Crippen molar-refractivity contribution >= 4 is 17.0 Å². The molecule has 0 saturated carbocycles. The summed E-state index contributed by atoms with van der Waals surface area (Å²) in [6, 6.07) is 9.00. The Hall–Kier alpha value is -2.47. The number of ether oxygens (including phenoxy) is 1. The minimum atomic E-state index is 0.496. The molecule has 0 atom stereocenters. The van der Waals surface area contributed by atoms with Crippen LogP contribution in [-0.4, -0.2) is 15.0 Å². The molecule has 2 aromatic heterocycles. The van der Waals surface area contributed by atoms with Crippen molar-refractivity contribution < 1.29 is 4.74 Å². The lowest BCUT2D eigenvalue weighted by molar-refractivity contribution is 0.462. The summed E-state index contributed by atoms with van der Waals surface area (Å²) in [5, 5.41) is 1.02. The molecule has 0 bridgehead atoms. The van der Waals surface area contributed by atoms with E-state index in [1.807, 2.05) is 19.9 Å². The zero-order valence-corrected chi connectivity index (χ0v) is 12.5. The van der Waals surface area contributed by atoms with E-state index in [0.717, 1.165) is 21.3 Å². The van der Waals surface area contributed by atoms with E-state index >= 15 is 0 Å². The summed E-state index contributed by atoms with van der Waals surface area (Å²) in [7, 11) is 0. The fourth-order valence-corrected chi connectivity index (χ4v) is 2.83. The van der Waals surface area contributed by atoms with E-state index in [1.165, 1.54) is 6.33 Å². The van der Waals surface area contributed by atoms with Gasteiger partial charge in [-0.1, -0.05) is 0 Å². The highest BCUT2D eigenvalue weighted by atomic mass is 32.1. The maximum Gasteiger partial charge on any atom is 0.222 e. The lowest BCUT2D eigenvalue weighted by Crippen LogP contribution is -1.92. The lowest BCUT2D eigenvalue weighted by Gasteiger charge is -2.05. The quantitative estimate of drug-likeness (QED) is 0.748. The van der Waals surface area contributed by atoms with Crippen molar-refractivity contribution in [1.82, 2.24) is 15.0 Å². The third-order valence-electron chi connectivity index (χ3n) is 2.88. The molecule has 2 N–H and O–H groups in total. The molecule has 1 aromatic carbocycles. The van der Waals surface area contributed by atoms with E-state index in [9.17, 15) is 0 Å². The van der Waals surface area contributed by atoms with Crippen LogP contribution in [0.3, 0.4) is 0 Å². The molecule has 0 amide bonds. The molecule has 106 valence electrons. The van der Waals surface area contributed by atoms with E-state index in [2.05, 4.69) is 15.0 Å². The van der Waals surface area contributed by atoms with Crippen LogP contribution in [-0.2, 0) is 0 Å². The van der Waals surface area contributed by atoms with Crippen LogP contribution >= 0.6 is 11.3 Å². The Bertz CT molecular complexity index is 768. The maximum atomic E-state index is 5.72. The van der Waals surface area contributed by atoms with E-state index in [4.69, 9.17) is 10.5 Å². The average molecular weight is 298 g/mol. The Morgan fingerprint density at radius 2 is 1.86 bits per heavy atom. The maximum absolute atomic E-state index is 5.72. The molecular formula is C15H14N4OS. The summed E-state index contributed by atoms with van der Waals surface area (Å²) in [6.45, 7) is 3.95. The normalized spacial score (nSPS) is 10.6. The van der Waals surface area contributed by atoms with Crippen molar-refractivity contribution in [3.05, 3.63) is 47.4 Å². The Morgan fingerprint density at radius 1 is 1.10 bits per heavy atom. The molecule has 6 heteroatoms. The Labute approximate surface area is 126 Å². The van der Waals surface area contributed by atoms with Gasteiger partial charge in [0.25, 0.3) is 0 Å². The number of aryl methyl sites for hydroxylation is 2. The van der Waals surface area contributed by atoms with Crippen LogP contribution in [0.25, 0.3) is 10.6 Å². The van der Waals surface area contributed by atoms with Crippen molar-refractivity contribution in [3.8, 4) is 22.2 Å². The van der Waals surface area contributed by atoms with Gasteiger partial charge in [0.2, 0.25) is 5.88 Å². The highest BCUT2D eigenvalue weighted by Crippen LogP contribution is 2.30. The Balaban J connectivity index is 1.89. The molecular weight excluding hydrogens is 284 g/mol. The fraction of sp³-hybridized carbons (Fsp3) is 0.133. The molecule has 21 heavy (non-hydrogen) atoms. The number of thiazole rings is 1. The number of hydrogen-bond donors (Lipinski definition) is 1. The first-order chi connectivity index (χ1) is 10.1. The fourth-order valence-electron chi connectivity index (χ4n) is 1.95. The van der Waals surface area contributed by atoms with Crippen LogP contribution in [0, 0.1) is 13.8 Å². The first kappa shape index (κ1) is 13.5. The van der Waals surface area contributed by atoms with Gasteiger partial charge in [0.05, 0.1) is 21.3 Å². The van der Waals surface area contributed by atoms with Gasteiger partial charge in [-0.25, -0.2) is 15.0 Å². The molecule has 2 heterocycles. The summed E-state index contributed by atoms with van der Waals surface area (Å²) >= 11 is 1.61. The van der Waals surface area contributed by atoms with Crippen LogP contribution in [0.15, 0.2) is 36.7 Å². The highest BCUT2D eigenvalue weighted by Gasteiger charge is 2.10. The molecule has 3 rings (SSSR count). The molecule has 0 fully saturated rings.